The minimum absolute atomic E-state index is 0.174. The van der Waals surface area contributed by atoms with Crippen LogP contribution in [0.25, 0.3) is 11.8 Å². The van der Waals surface area contributed by atoms with Gasteiger partial charge in [0, 0.05) is 16.3 Å². The standard InChI is InChI=1S/C33H35N3O3S2/c1-18(2)39-32(38)28-22(6)34-33-36(30(28)24-12-14-26(40-8)15-13-24)31(37)27(41-33)17-25-16-21(5)35(23(25)7)29-19(3)10-9-11-20(29)4/h9-18,30H,1-8H3/b27-17-/t30-/m1/s1. The fraction of sp³-hybridized carbons (Fsp3) is 0.303. The van der Waals surface area contributed by atoms with Gasteiger partial charge in [-0.25, -0.2) is 9.79 Å². The number of allylic oxidation sites excluding steroid dienone is 1. The third-order valence-corrected chi connectivity index (χ3v) is 9.16. The number of esters is 1. The minimum Gasteiger partial charge on any atom is -0.459 e. The summed E-state index contributed by atoms with van der Waals surface area (Å²) in [5, 5.41) is 0. The summed E-state index contributed by atoms with van der Waals surface area (Å²) in [6.07, 6.45) is 3.68. The number of rotatable bonds is 6. The average Bonchev–Trinajstić information content (AvgIpc) is 3.37. The van der Waals surface area contributed by atoms with Gasteiger partial charge in [-0.2, -0.15) is 0 Å². The number of thiazole rings is 1. The van der Waals surface area contributed by atoms with Crippen molar-refractivity contribution in [2.24, 2.45) is 4.99 Å². The van der Waals surface area contributed by atoms with Crippen LogP contribution in [0, 0.1) is 27.7 Å². The van der Waals surface area contributed by atoms with E-state index in [-0.39, 0.29) is 11.7 Å². The maximum atomic E-state index is 14.1. The molecule has 1 aliphatic heterocycles. The number of benzene rings is 2. The number of para-hydroxylation sites is 1. The molecule has 0 N–H and O–H groups in total. The molecule has 0 bridgehead atoms. The second kappa shape index (κ2) is 11.3. The molecular formula is C33H35N3O3S2. The molecule has 2 aromatic heterocycles. The van der Waals surface area contributed by atoms with E-state index >= 15 is 0 Å². The van der Waals surface area contributed by atoms with Gasteiger partial charge in [0.1, 0.15) is 0 Å². The smallest absolute Gasteiger partial charge is 0.338 e. The van der Waals surface area contributed by atoms with Gasteiger partial charge in [0.15, 0.2) is 4.80 Å². The van der Waals surface area contributed by atoms with Gasteiger partial charge < -0.3 is 9.30 Å². The molecule has 1 atom stereocenters. The zero-order valence-corrected chi connectivity index (χ0v) is 26.4. The maximum absolute atomic E-state index is 14.1. The summed E-state index contributed by atoms with van der Waals surface area (Å²) in [7, 11) is 0. The zero-order chi connectivity index (χ0) is 29.6. The molecule has 6 nitrogen and oxygen atoms in total. The van der Waals surface area contributed by atoms with Crippen molar-refractivity contribution in [1.29, 1.82) is 0 Å². The van der Waals surface area contributed by atoms with Gasteiger partial charge in [-0.15, -0.1) is 11.8 Å². The second-order valence-corrected chi connectivity index (χ2v) is 12.6. The molecule has 0 spiro atoms. The summed E-state index contributed by atoms with van der Waals surface area (Å²) in [6.45, 7) is 13.9. The second-order valence-electron chi connectivity index (χ2n) is 10.7. The molecule has 8 heteroatoms. The minimum atomic E-state index is -0.627. The number of carbonyl (C=O) groups is 1. The van der Waals surface area contributed by atoms with Gasteiger partial charge in [-0.3, -0.25) is 9.36 Å². The Hall–Kier alpha value is -3.62. The molecule has 212 valence electrons. The number of hydrogen-bond donors (Lipinski definition) is 0. The fourth-order valence-corrected chi connectivity index (χ4v) is 6.99. The normalized spacial score (nSPS) is 15.3. The Labute approximate surface area is 248 Å². The predicted molar refractivity (Wildman–Crippen MR) is 168 cm³/mol. The van der Waals surface area contributed by atoms with Gasteiger partial charge in [0.2, 0.25) is 0 Å². The highest BCUT2D eigenvalue weighted by Crippen LogP contribution is 2.32. The summed E-state index contributed by atoms with van der Waals surface area (Å²) in [5.41, 5.74) is 8.32. The zero-order valence-electron chi connectivity index (χ0n) is 24.7. The van der Waals surface area contributed by atoms with Crippen molar-refractivity contribution in [3.8, 4) is 5.69 Å². The highest BCUT2D eigenvalue weighted by molar-refractivity contribution is 7.98. The first kappa shape index (κ1) is 28.9. The van der Waals surface area contributed by atoms with Crippen molar-refractivity contribution in [2.45, 2.75) is 65.5 Å². The number of aromatic nitrogens is 2. The van der Waals surface area contributed by atoms with Crippen molar-refractivity contribution in [3.05, 3.63) is 113 Å². The van der Waals surface area contributed by atoms with Gasteiger partial charge >= 0.3 is 5.97 Å². The topological polar surface area (TPSA) is 65.6 Å². The van der Waals surface area contributed by atoms with E-state index in [4.69, 9.17) is 9.73 Å². The molecular weight excluding hydrogens is 551 g/mol. The third-order valence-electron chi connectivity index (χ3n) is 7.44. The van der Waals surface area contributed by atoms with Crippen molar-refractivity contribution in [1.82, 2.24) is 9.13 Å². The Morgan fingerprint density at radius 3 is 2.32 bits per heavy atom. The first-order valence-electron chi connectivity index (χ1n) is 13.6. The van der Waals surface area contributed by atoms with E-state index in [9.17, 15) is 9.59 Å². The molecule has 0 unspecified atom stereocenters. The SMILES string of the molecule is CSc1ccc([C@@H]2C(C(=O)OC(C)C)=C(C)N=c3s/c(=C\c4cc(C)n(-c5c(C)cccc5C)c4C)c(=O)n32)cc1. The Morgan fingerprint density at radius 2 is 1.71 bits per heavy atom. The van der Waals surface area contributed by atoms with Gasteiger partial charge in [-0.05, 0) is 101 Å². The van der Waals surface area contributed by atoms with Crippen LogP contribution in [0.2, 0.25) is 0 Å². The average molecular weight is 586 g/mol. The monoisotopic (exact) mass is 585 g/mol. The van der Waals surface area contributed by atoms with Crippen LogP contribution >= 0.6 is 23.1 Å². The molecule has 0 fully saturated rings. The van der Waals surface area contributed by atoms with E-state index in [2.05, 4.69) is 56.5 Å². The number of ether oxygens (including phenoxy) is 1. The molecule has 0 saturated heterocycles. The van der Waals surface area contributed by atoms with E-state index in [1.807, 2.05) is 57.4 Å². The molecule has 1 aliphatic rings. The number of fused-ring (bicyclic) bond motifs is 1. The van der Waals surface area contributed by atoms with Gasteiger partial charge in [0.25, 0.3) is 5.56 Å². The first-order chi connectivity index (χ1) is 19.5. The largest absolute Gasteiger partial charge is 0.459 e. The van der Waals surface area contributed by atoms with Crippen molar-refractivity contribution >= 4 is 35.1 Å². The van der Waals surface area contributed by atoms with Crippen LogP contribution in [-0.2, 0) is 9.53 Å². The summed E-state index contributed by atoms with van der Waals surface area (Å²) >= 11 is 2.99. The molecule has 2 aromatic carbocycles. The Bertz CT molecular complexity index is 1850. The highest BCUT2D eigenvalue weighted by atomic mass is 32.2. The number of carbonyl (C=O) groups excluding carboxylic acids is 1. The number of nitrogens with zero attached hydrogens (tertiary/aromatic N) is 3. The van der Waals surface area contributed by atoms with E-state index in [0.717, 1.165) is 27.4 Å². The molecule has 0 radical (unpaired) electrons. The van der Waals surface area contributed by atoms with E-state index in [1.165, 1.54) is 28.2 Å². The van der Waals surface area contributed by atoms with Gasteiger partial charge in [-0.1, -0.05) is 41.7 Å². The fourth-order valence-electron chi connectivity index (χ4n) is 5.54. The first-order valence-corrected chi connectivity index (χ1v) is 15.7. The number of thioether (sulfide) groups is 1. The van der Waals surface area contributed by atoms with Crippen LogP contribution in [0.1, 0.15) is 60.5 Å². The van der Waals surface area contributed by atoms with Crippen molar-refractivity contribution in [2.75, 3.05) is 6.26 Å². The lowest BCUT2D eigenvalue weighted by Gasteiger charge is -2.25. The van der Waals surface area contributed by atoms with Crippen LogP contribution in [0.15, 0.2) is 74.5 Å². The lowest BCUT2D eigenvalue weighted by atomic mass is 9.96. The summed E-state index contributed by atoms with van der Waals surface area (Å²) in [5.74, 6) is -0.452. The van der Waals surface area contributed by atoms with Crippen molar-refractivity contribution in [3.63, 3.8) is 0 Å². The molecule has 0 saturated carbocycles. The van der Waals surface area contributed by atoms with E-state index in [0.29, 0.717) is 20.6 Å². The maximum Gasteiger partial charge on any atom is 0.338 e. The predicted octanol–water partition coefficient (Wildman–Crippen LogP) is 5.93. The lowest BCUT2D eigenvalue weighted by molar-refractivity contribution is -0.143. The molecule has 3 heterocycles. The Morgan fingerprint density at radius 1 is 1.05 bits per heavy atom. The molecule has 0 aliphatic carbocycles. The van der Waals surface area contributed by atoms with Crippen LogP contribution in [-0.4, -0.2) is 27.5 Å². The lowest BCUT2D eigenvalue weighted by Crippen LogP contribution is -2.40. The third kappa shape index (κ3) is 5.26. The van der Waals surface area contributed by atoms with Gasteiger partial charge in [0.05, 0.1) is 33.6 Å². The van der Waals surface area contributed by atoms with Crippen LogP contribution in [0.4, 0.5) is 0 Å². The molecule has 0 amide bonds. The number of hydrogen-bond acceptors (Lipinski definition) is 6. The summed E-state index contributed by atoms with van der Waals surface area (Å²) in [4.78, 5) is 33.9. The molecule has 5 rings (SSSR count). The van der Waals surface area contributed by atoms with Crippen molar-refractivity contribution < 1.29 is 9.53 Å². The summed E-state index contributed by atoms with van der Waals surface area (Å²) in [6, 6.07) is 15.8. The van der Waals surface area contributed by atoms with E-state index < -0.39 is 12.0 Å². The Balaban J connectivity index is 1.70. The van der Waals surface area contributed by atoms with Crippen LogP contribution < -0.4 is 14.9 Å². The highest BCUT2D eigenvalue weighted by Gasteiger charge is 2.33. The van der Waals surface area contributed by atoms with Crippen LogP contribution in [0.3, 0.4) is 0 Å². The molecule has 4 aromatic rings. The van der Waals surface area contributed by atoms with Crippen LogP contribution in [0.5, 0.6) is 0 Å². The number of aryl methyl sites for hydroxylation is 3. The Kier molecular flexibility index (Phi) is 7.99. The van der Waals surface area contributed by atoms with E-state index in [1.54, 1.807) is 16.3 Å². The quantitative estimate of drug-likeness (QED) is 0.208. The molecule has 41 heavy (non-hydrogen) atoms. The summed E-state index contributed by atoms with van der Waals surface area (Å²) < 4.78 is 10.1.